The van der Waals surface area contributed by atoms with Crippen LogP contribution in [-0.4, -0.2) is 6.54 Å². The zero-order chi connectivity index (χ0) is 16.8. The van der Waals surface area contributed by atoms with Crippen LogP contribution >= 0.6 is 23.2 Å². The molecule has 2 aromatic rings. The number of hydrogen-bond donors (Lipinski definition) is 1. The van der Waals surface area contributed by atoms with E-state index in [-0.39, 0.29) is 0 Å². The van der Waals surface area contributed by atoms with Crippen LogP contribution in [0, 0.1) is 0 Å². The Hall–Kier alpha value is -1.90. The number of rotatable bonds is 5. The molecular weight excluding hydrogens is 339 g/mol. The first-order valence-electron chi connectivity index (χ1n) is 8.06. The van der Waals surface area contributed by atoms with Crippen molar-refractivity contribution in [1.82, 2.24) is 5.32 Å². The largest absolute Gasteiger partial charge is 0.364 e. The van der Waals surface area contributed by atoms with Gasteiger partial charge in [0.2, 0.25) is 0 Å². The van der Waals surface area contributed by atoms with Crippen molar-refractivity contribution in [3.8, 4) is 0 Å². The van der Waals surface area contributed by atoms with Crippen molar-refractivity contribution in [2.75, 3.05) is 11.4 Å². The monoisotopic (exact) mass is 358 g/mol. The van der Waals surface area contributed by atoms with Crippen molar-refractivity contribution in [3.05, 3.63) is 88.2 Å². The van der Waals surface area contributed by atoms with E-state index in [0.717, 1.165) is 41.7 Å². The Morgan fingerprint density at radius 1 is 0.917 bits per heavy atom. The van der Waals surface area contributed by atoms with Crippen molar-refractivity contribution >= 4 is 28.9 Å². The Kier molecular flexibility index (Phi) is 5.84. The normalized spacial score (nSPS) is 13.8. The molecule has 124 valence electrons. The van der Waals surface area contributed by atoms with E-state index in [1.165, 1.54) is 11.3 Å². The van der Waals surface area contributed by atoms with Crippen LogP contribution in [0.25, 0.3) is 0 Å². The van der Waals surface area contributed by atoms with E-state index in [1.54, 1.807) is 0 Å². The molecule has 0 spiro atoms. The first kappa shape index (κ1) is 16.9. The molecule has 1 aliphatic rings. The number of anilines is 1. The Morgan fingerprint density at radius 3 is 2.54 bits per heavy atom. The Balaban J connectivity index is 1.83. The highest BCUT2D eigenvalue weighted by Crippen LogP contribution is 2.23. The summed E-state index contributed by atoms with van der Waals surface area (Å²) in [6, 6.07) is 16.0. The highest BCUT2D eigenvalue weighted by molar-refractivity contribution is 6.31. The topological polar surface area (TPSA) is 15.3 Å². The molecule has 0 atom stereocenters. The molecule has 0 amide bonds. The summed E-state index contributed by atoms with van der Waals surface area (Å²) >= 11 is 12.2. The fraction of sp³-hybridized carbons (Fsp3) is 0.200. The summed E-state index contributed by atoms with van der Waals surface area (Å²) in [5.74, 6) is 0. The highest BCUT2D eigenvalue weighted by atomic mass is 35.5. The van der Waals surface area contributed by atoms with Gasteiger partial charge in [0.15, 0.2) is 0 Å². The number of hydrogen-bond acceptors (Lipinski definition) is 2. The van der Waals surface area contributed by atoms with Gasteiger partial charge in [-0.1, -0.05) is 53.6 Å². The molecule has 0 unspecified atom stereocenters. The SMILES string of the molecule is Clc1ccc(CN(CC2=CCCC=CN2)c2cccc(Cl)c2)cc1. The average Bonchev–Trinajstić information content (AvgIpc) is 2.85. The summed E-state index contributed by atoms with van der Waals surface area (Å²) in [6.07, 6.45) is 8.58. The minimum atomic E-state index is 0.747. The van der Waals surface area contributed by atoms with Crippen molar-refractivity contribution in [2.45, 2.75) is 19.4 Å². The lowest BCUT2D eigenvalue weighted by Crippen LogP contribution is -2.28. The van der Waals surface area contributed by atoms with Crippen LogP contribution in [0.15, 0.2) is 72.6 Å². The van der Waals surface area contributed by atoms with Crippen LogP contribution in [0.5, 0.6) is 0 Å². The van der Waals surface area contributed by atoms with E-state index in [4.69, 9.17) is 23.2 Å². The molecule has 0 radical (unpaired) electrons. The average molecular weight is 359 g/mol. The van der Waals surface area contributed by atoms with Gasteiger partial charge in [-0.15, -0.1) is 0 Å². The zero-order valence-electron chi connectivity index (χ0n) is 13.4. The van der Waals surface area contributed by atoms with Crippen LogP contribution in [-0.2, 0) is 6.54 Å². The molecule has 2 aromatic carbocycles. The molecule has 1 aliphatic heterocycles. The van der Waals surface area contributed by atoms with Gasteiger partial charge in [-0.25, -0.2) is 0 Å². The second-order valence-corrected chi connectivity index (χ2v) is 6.69. The standard InChI is InChI=1S/C20H20Cl2N2/c21-17-10-8-16(9-11-17)14-24(20-7-4-5-18(22)13-20)15-19-6-2-1-3-12-23-19/h3-13,23H,1-2,14-15H2. The Labute approximate surface area is 153 Å². The van der Waals surface area contributed by atoms with Crippen molar-refractivity contribution < 1.29 is 0 Å². The summed E-state index contributed by atoms with van der Waals surface area (Å²) in [6.45, 7) is 1.59. The summed E-state index contributed by atoms with van der Waals surface area (Å²) in [7, 11) is 0. The van der Waals surface area contributed by atoms with E-state index >= 15 is 0 Å². The Bertz CT molecular complexity index is 736. The molecule has 0 fully saturated rings. The third-order valence-electron chi connectivity index (χ3n) is 3.93. The molecule has 3 rings (SSSR count). The lowest BCUT2D eigenvalue weighted by Gasteiger charge is -2.26. The van der Waals surface area contributed by atoms with Crippen molar-refractivity contribution in [2.24, 2.45) is 0 Å². The molecule has 0 saturated heterocycles. The predicted octanol–water partition coefficient (Wildman–Crippen LogP) is 5.78. The molecule has 2 nitrogen and oxygen atoms in total. The van der Waals surface area contributed by atoms with E-state index in [2.05, 4.69) is 40.6 Å². The number of allylic oxidation sites excluding steroid dienone is 2. The van der Waals surface area contributed by atoms with Crippen molar-refractivity contribution in [1.29, 1.82) is 0 Å². The number of nitrogens with zero attached hydrogens (tertiary/aromatic N) is 1. The van der Waals surface area contributed by atoms with Crippen LogP contribution in [0.4, 0.5) is 5.69 Å². The fourth-order valence-electron chi connectivity index (χ4n) is 2.70. The number of benzene rings is 2. The minimum absolute atomic E-state index is 0.747. The van der Waals surface area contributed by atoms with Crippen LogP contribution in [0.1, 0.15) is 18.4 Å². The predicted molar refractivity (Wildman–Crippen MR) is 104 cm³/mol. The Morgan fingerprint density at radius 2 is 1.75 bits per heavy atom. The second-order valence-electron chi connectivity index (χ2n) is 5.82. The maximum Gasteiger partial charge on any atom is 0.0580 e. The maximum absolute atomic E-state index is 6.20. The first-order chi connectivity index (χ1) is 11.7. The van der Waals surface area contributed by atoms with Gasteiger partial charge in [-0.3, -0.25) is 0 Å². The lowest BCUT2D eigenvalue weighted by atomic mass is 10.1. The zero-order valence-corrected chi connectivity index (χ0v) is 14.9. The summed E-state index contributed by atoms with van der Waals surface area (Å²) in [5.41, 5.74) is 3.52. The highest BCUT2D eigenvalue weighted by Gasteiger charge is 2.11. The van der Waals surface area contributed by atoms with Gasteiger partial charge < -0.3 is 10.2 Å². The molecular formula is C20H20Cl2N2. The van der Waals surface area contributed by atoms with E-state index in [1.807, 2.05) is 36.5 Å². The minimum Gasteiger partial charge on any atom is -0.364 e. The van der Waals surface area contributed by atoms with E-state index in [0.29, 0.717) is 0 Å². The smallest absolute Gasteiger partial charge is 0.0580 e. The van der Waals surface area contributed by atoms with Gasteiger partial charge >= 0.3 is 0 Å². The maximum atomic E-state index is 6.20. The van der Waals surface area contributed by atoms with Gasteiger partial charge in [0, 0.05) is 28.0 Å². The van der Waals surface area contributed by atoms with Gasteiger partial charge in [-0.05, 0) is 54.9 Å². The van der Waals surface area contributed by atoms with Gasteiger partial charge in [0.05, 0.1) is 6.54 Å². The third kappa shape index (κ3) is 4.80. The molecule has 0 aliphatic carbocycles. The van der Waals surface area contributed by atoms with E-state index < -0.39 is 0 Å². The lowest BCUT2D eigenvalue weighted by molar-refractivity contribution is 0.809. The molecule has 4 heteroatoms. The van der Waals surface area contributed by atoms with E-state index in [9.17, 15) is 0 Å². The molecule has 24 heavy (non-hydrogen) atoms. The summed E-state index contributed by atoms with van der Waals surface area (Å²) < 4.78 is 0. The van der Waals surface area contributed by atoms with Crippen LogP contribution in [0.3, 0.4) is 0 Å². The summed E-state index contributed by atoms with van der Waals surface area (Å²) in [5, 5.41) is 4.88. The third-order valence-corrected chi connectivity index (χ3v) is 4.42. The molecule has 1 heterocycles. The first-order valence-corrected chi connectivity index (χ1v) is 8.82. The molecule has 0 aromatic heterocycles. The van der Waals surface area contributed by atoms with Gasteiger partial charge in [0.25, 0.3) is 0 Å². The summed E-state index contributed by atoms with van der Waals surface area (Å²) in [4.78, 5) is 2.31. The van der Waals surface area contributed by atoms with Crippen molar-refractivity contribution in [3.63, 3.8) is 0 Å². The fourth-order valence-corrected chi connectivity index (χ4v) is 3.01. The molecule has 0 saturated carbocycles. The van der Waals surface area contributed by atoms with Gasteiger partial charge in [-0.2, -0.15) is 0 Å². The van der Waals surface area contributed by atoms with Gasteiger partial charge in [0.1, 0.15) is 0 Å². The number of nitrogens with one attached hydrogen (secondary N) is 1. The van der Waals surface area contributed by atoms with Crippen LogP contribution < -0.4 is 10.2 Å². The second kappa shape index (κ2) is 8.27. The quantitative estimate of drug-likeness (QED) is 0.728. The molecule has 1 N–H and O–H groups in total. The number of halogens is 2. The molecule has 0 bridgehead atoms. The van der Waals surface area contributed by atoms with Crippen LogP contribution in [0.2, 0.25) is 10.0 Å².